The number of nitrogens with one attached hydrogen (secondary N) is 1. The average molecular weight is 535 g/mol. The molecule has 1 aromatic heterocycles. The van der Waals surface area contributed by atoms with Gasteiger partial charge in [-0.2, -0.15) is 0 Å². The molecule has 0 aliphatic carbocycles. The first-order valence-electron chi connectivity index (χ1n) is 10.9. The molecule has 0 saturated carbocycles. The SMILES string of the molecule is COC(=O)c1cc(Cc2ccccc2)sc1NC(=S)N1CCN(Cc2ccc(Cl)cc2Cl)CC1. The highest BCUT2D eigenvalue weighted by Gasteiger charge is 2.23. The number of benzene rings is 2. The molecule has 1 aliphatic rings. The molecular formula is C25H25Cl2N3O2S2. The molecule has 1 N–H and O–H groups in total. The van der Waals surface area contributed by atoms with Gasteiger partial charge in [0.25, 0.3) is 0 Å². The van der Waals surface area contributed by atoms with Crippen LogP contribution in [0.3, 0.4) is 0 Å². The van der Waals surface area contributed by atoms with Gasteiger partial charge in [-0.3, -0.25) is 4.90 Å². The number of hydrogen-bond donors (Lipinski definition) is 1. The Labute approximate surface area is 219 Å². The second-order valence-corrected chi connectivity index (χ2v) is 10.4. The van der Waals surface area contributed by atoms with Crippen molar-refractivity contribution in [2.45, 2.75) is 13.0 Å². The Bertz CT molecular complexity index is 1160. The van der Waals surface area contributed by atoms with Crippen LogP contribution in [0.4, 0.5) is 5.00 Å². The summed E-state index contributed by atoms with van der Waals surface area (Å²) in [5, 5.41) is 5.96. The van der Waals surface area contributed by atoms with E-state index in [1.54, 1.807) is 6.07 Å². The molecular weight excluding hydrogens is 509 g/mol. The molecule has 0 atom stereocenters. The van der Waals surface area contributed by atoms with Crippen LogP contribution in [0.15, 0.2) is 54.6 Å². The summed E-state index contributed by atoms with van der Waals surface area (Å²) in [6.45, 7) is 4.05. The number of methoxy groups -OCH3 is 1. The number of piperazine rings is 1. The topological polar surface area (TPSA) is 44.8 Å². The van der Waals surface area contributed by atoms with Gasteiger partial charge in [0, 0.05) is 54.1 Å². The van der Waals surface area contributed by atoms with Gasteiger partial charge in [-0.1, -0.05) is 59.6 Å². The maximum atomic E-state index is 12.4. The van der Waals surface area contributed by atoms with Crippen LogP contribution in [-0.4, -0.2) is 54.2 Å². The summed E-state index contributed by atoms with van der Waals surface area (Å²) in [5.74, 6) is -0.370. The minimum atomic E-state index is -0.370. The molecule has 0 radical (unpaired) electrons. The number of nitrogens with zero attached hydrogens (tertiary/aromatic N) is 2. The standard InChI is InChI=1S/C25H25Cl2N3O2S2/c1-32-24(31)21-15-20(13-17-5-3-2-4-6-17)34-23(21)28-25(33)30-11-9-29(10-12-30)16-18-7-8-19(26)14-22(18)27/h2-8,14-15H,9-13,16H2,1H3,(H,28,33). The summed E-state index contributed by atoms with van der Waals surface area (Å²) in [7, 11) is 1.39. The van der Waals surface area contributed by atoms with Crippen LogP contribution < -0.4 is 5.32 Å². The Morgan fingerprint density at radius 1 is 1.09 bits per heavy atom. The van der Waals surface area contributed by atoms with Crippen molar-refractivity contribution in [2.75, 3.05) is 38.6 Å². The molecule has 1 saturated heterocycles. The number of halogens is 2. The van der Waals surface area contributed by atoms with Crippen molar-refractivity contribution in [3.63, 3.8) is 0 Å². The fourth-order valence-corrected chi connectivity index (χ4v) is 5.75. The van der Waals surface area contributed by atoms with Crippen molar-refractivity contribution in [3.05, 3.63) is 86.2 Å². The first-order chi connectivity index (χ1) is 16.4. The van der Waals surface area contributed by atoms with Crippen LogP contribution in [0.2, 0.25) is 10.0 Å². The number of carbonyl (C=O) groups excluding carboxylic acids is 1. The molecule has 1 fully saturated rings. The molecule has 0 unspecified atom stereocenters. The van der Waals surface area contributed by atoms with Gasteiger partial charge in [0.15, 0.2) is 5.11 Å². The number of thiophene rings is 1. The van der Waals surface area contributed by atoms with Crippen molar-refractivity contribution in [1.29, 1.82) is 0 Å². The summed E-state index contributed by atoms with van der Waals surface area (Å²) in [5.41, 5.74) is 2.76. The van der Waals surface area contributed by atoms with Gasteiger partial charge >= 0.3 is 5.97 Å². The first-order valence-corrected chi connectivity index (χ1v) is 12.9. The van der Waals surface area contributed by atoms with E-state index in [1.165, 1.54) is 24.0 Å². The minimum absolute atomic E-state index is 0.370. The normalized spacial score (nSPS) is 14.1. The number of carbonyl (C=O) groups is 1. The highest BCUT2D eigenvalue weighted by Crippen LogP contribution is 2.31. The largest absolute Gasteiger partial charge is 0.465 e. The lowest BCUT2D eigenvalue weighted by atomic mass is 10.1. The quantitative estimate of drug-likeness (QED) is 0.312. The van der Waals surface area contributed by atoms with Gasteiger partial charge < -0.3 is 15.0 Å². The van der Waals surface area contributed by atoms with Crippen LogP contribution in [0, 0.1) is 0 Å². The highest BCUT2D eigenvalue weighted by molar-refractivity contribution is 7.80. The van der Waals surface area contributed by atoms with E-state index in [0.29, 0.717) is 20.7 Å². The monoisotopic (exact) mass is 533 g/mol. The Morgan fingerprint density at radius 3 is 2.50 bits per heavy atom. The van der Waals surface area contributed by atoms with Crippen LogP contribution in [-0.2, 0) is 17.7 Å². The Morgan fingerprint density at radius 2 is 1.82 bits per heavy atom. The maximum Gasteiger partial charge on any atom is 0.340 e. The van der Waals surface area contributed by atoms with E-state index in [2.05, 4.69) is 27.2 Å². The van der Waals surface area contributed by atoms with E-state index in [4.69, 9.17) is 40.2 Å². The van der Waals surface area contributed by atoms with Gasteiger partial charge in [0.1, 0.15) is 5.00 Å². The van der Waals surface area contributed by atoms with Gasteiger partial charge in [-0.15, -0.1) is 11.3 Å². The molecule has 2 heterocycles. The predicted molar refractivity (Wildman–Crippen MR) is 144 cm³/mol. The number of thiocarbonyl (C=S) groups is 1. The smallest absolute Gasteiger partial charge is 0.340 e. The van der Waals surface area contributed by atoms with E-state index >= 15 is 0 Å². The number of anilines is 1. The molecule has 3 aromatic rings. The third-order valence-corrected chi connectivity index (χ3v) is 7.70. The fraction of sp³-hybridized carbons (Fsp3) is 0.280. The zero-order chi connectivity index (χ0) is 24.1. The summed E-state index contributed by atoms with van der Waals surface area (Å²) < 4.78 is 5.00. The van der Waals surface area contributed by atoms with E-state index in [0.717, 1.165) is 54.6 Å². The molecule has 1 aliphatic heterocycles. The van der Waals surface area contributed by atoms with Gasteiger partial charge in [-0.25, -0.2) is 4.79 Å². The molecule has 0 spiro atoms. The summed E-state index contributed by atoms with van der Waals surface area (Å²) in [6, 6.07) is 17.7. The van der Waals surface area contributed by atoms with Crippen LogP contribution in [0.5, 0.6) is 0 Å². The van der Waals surface area contributed by atoms with Crippen LogP contribution in [0.1, 0.15) is 26.4 Å². The Balaban J connectivity index is 1.38. The average Bonchev–Trinajstić information content (AvgIpc) is 3.23. The second-order valence-electron chi connectivity index (χ2n) is 8.04. The number of hydrogen-bond acceptors (Lipinski definition) is 5. The number of ether oxygens (including phenoxy) is 1. The van der Waals surface area contributed by atoms with E-state index in [1.807, 2.05) is 36.4 Å². The zero-order valence-electron chi connectivity index (χ0n) is 18.7. The summed E-state index contributed by atoms with van der Waals surface area (Å²) in [4.78, 5) is 17.9. The van der Waals surface area contributed by atoms with Gasteiger partial charge in [0.2, 0.25) is 0 Å². The molecule has 2 aromatic carbocycles. The molecule has 9 heteroatoms. The lowest BCUT2D eigenvalue weighted by molar-refractivity contribution is 0.0602. The van der Waals surface area contributed by atoms with Crippen molar-refractivity contribution < 1.29 is 9.53 Å². The molecule has 34 heavy (non-hydrogen) atoms. The Kier molecular flexibility index (Phi) is 8.45. The van der Waals surface area contributed by atoms with Crippen LogP contribution >= 0.6 is 46.8 Å². The second kappa shape index (κ2) is 11.5. The van der Waals surface area contributed by atoms with Gasteiger partial charge in [0.05, 0.1) is 12.7 Å². The number of rotatable bonds is 6. The van der Waals surface area contributed by atoms with Crippen LogP contribution in [0.25, 0.3) is 0 Å². The van der Waals surface area contributed by atoms with Crippen molar-refractivity contribution in [1.82, 2.24) is 9.80 Å². The lowest BCUT2D eigenvalue weighted by Crippen LogP contribution is -2.49. The third-order valence-electron chi connectivity index (χ3n) is 5.70. The molecule has 178 valence electrons. The van der Waals surface area contributed by atoms with Crippen molar-refractivity contribution in [3.8, 4) is 0 Å². The first kappa shape index (κ1) is 24.9. The highest BCUT2D eigenvalue weighted by atomic mass is 35.5. The lowest BCUT2D eigenvalue weighted by Gasteiger charge is -2.36. The third kappa shape index (κ3) is 6.29. The van der Waals surface area contributed by atoms with E-state index < -0.39 is 0 Å². The van der Waals surface area contributed by atoms with Gasteiger partial charge in [-0.05, 0) is 41.5 Å². The number of esters is 1. The van der Waals surface area contributed by atoms with E-state index in [-0.39, 0.29) is 5.97 Å². The fourth-order valence-electron chi connectivity index (χ4n) is 3.86. The van der Waals surface area contributed by atoms with Crippen molar-refractivity contribution >= 4 is 62.8 Å². The predicted octanol–water partition coefficient (Wildman–Crippen LogP) is 5.95. The molecule has 0 bridgehead atoms. The summed E-state index contributed by atoms with van der Waals surface area (Å²) in [6.07, 6.45) is 0.746. The molecule has 0 amide bonds. The van der Waals surface area contributed by atoms with Crippen molar-refractivity contribution in [2.24, 2.45) is 0 Å². The maximum absolute atomic E-state index is 12.4. The Hall–Kier alpha value is -2.16. The molecule has 4 rings (SSSR count). The summed E-state index contributed by atoms with van der Waals surface area (Å²) >= 11 is 19.6. The van der Waals surface area contributed by atoms with E-state index in [9.17, 15) is 4.79 Å². The zero-order valence-corrected chi connectivity index (χ0v) is 21.9. The molecule has 5 nitrogen and oxygen atoms in total. The minimum Gasteiger partial charge on any atom is -0.465 e.